The Kier molecular flexibility index (Phi) is 4.72. The van der Waals surface area contributed by atoms with Crippen molar-refractivity contribution < 1.29 is 18.1 Å². The van der Waals surface area contributed by atoms with E-state index in [2.05, 4.69) is 23.9 Å². The Labute approximate surface area is 156 Å². The molecule has 0 bridgehead atoms. The van der Waals surface area contributed by atoms with Gasteiger partial charge in [-0.05, 0) is 45.0 Å². The summed E-state index contributed by atoms with van der Waals surface area (Å²) in [6.07, 6.45) is 1.46. The van der Waals surface area contributed by atoms with Crippen LogP contribution in [0.15, 0.2) is 22.7 Å². The van der Waals surface area contributed by atoms with E-state index in [1.165, 1.54) is 6.07 Å². The van der Waals surface area contributed by atoms with Crippen LogP contribution in [0.3, 0.4) is 0 Å². The first-order valence-corrected chi connectivity index (χ1v) is 9.39. The zero-order chi connectivity index (χ0) is 19.1. The number of aromatic nitrogens is 1. The highest BCUT2D eigenvalue weighted by molar-refractivity contribution is 5.80. The zero-order valence-electron chi connectivity index (χ0n) is 15.5. The van der Waals surface area contributed by atoms with Gasteiger partial charge in [-0.3, -0.25) is 4.79 Å². The van der Waals surface area contributed by atoms with Gasteiger partial charge in [0.15, 0.2) is 11.6 Å². The van der Waals surface area contributed by atoms with Gasteiger partial charge in [-0.15, -0.1) is 0 Å². The van der Waals surface area contributed by atoms with Gasteiger partial charge >= 0.3 is 0 Å². The maximum atomic E-state index is 13.6. The Morgan fingerprint density at radius 1 is 1.26 bits per heavy atom. The van der Waals surface area contributed by atoms with Crippen LogP contribution in [0.1, 0.15) is 31.6 Å². The van der Waals surface area contributed by atoms with Gasteiger partial charge in [0.2, 0.25) is 5.91 Å². The third-order valence-corrected chi connectivity index (χ3v) is 5.63. The van der Waals surface area contributed by atoms with Crippen molar-refractivity contribution in [1.29, 1.82) is 0 Å². The van der Waals surface area contributed by atoms with Crippen LogP contribution in [-0.2, 0) is 17.8 Å². The van der Waals surface area contributed by atoms with E-state index >= 15 is 0 Å². The van der Waals surface area contributed by atoms with Gasteiger partial charge in [-0.2, -0.15) is 0 Å². The standard InChI is InChI=1S/C20H23F2N3O2/c1-12(2)24-7-5-14(10-24)20(26)25-8-6-18-15(11-25)19(23-27-18)13-3-4-16(21)17(22)9-13/h3-4,9,12,14H,5-8,10-11H2,1-2H3/t14-/m0/s1. The summed E-state index contributed by atoms with van der Waals surface area (Å²) >= 11 is 0. The van der Waals surface area contributed by atoms with Crippen LogP contribution < -0.4 is 0 Å². The predicted octanol–water partition coefficient (Wildman–Crippen LogP) is 3.23. The number of amides is 1. The van der Waals surface area contributed by atoms with Gasteiger partial charge in [0.25, 0.3) is 0 Å². The van der Waals surface area contributed by atoms with Gasteiger partial charge in [-0.1, -0.05) is 5.16 Å². The lowest BCUT2D eigenvalue weighted by atomic mass is 9.99. The highest BCUT2D eigenvalue weighted by Gasteiger charge is 2.35. The van der Waals surface area contributed by atoms with E-state index in [0.29, 0.717) is 42.6 Å². The number of hydrogen-bond donors (Lipinski definition) is 0. The summed E-state index contributed by atoms with van der Waals surface area (Å²) in [4.78, 5) is 17.2. The van der Waals surface area contributed by atoms with Gasteiger partial charge in [0.05, 0.1) is 12.5 Å². The minimum absolute atomic E-state index is 0.0144. The number of nitrogens with zero attached hydrogens (tertiary/aromatic N) is 3. The van der Waals surface area contributed by atoms with Crippen molar-refractivity contribution in [2.45, 2.75) is 39.3 Å². The summed E-state index contributed by atoms with van der Waals surface area (Å²) < 4.78 is 32.2. The first-order chi connectivity index (χ1) is 12.9. The van der Waals surface area contributed by atoms with Crippen LogP contribution in [0.25, 0.3) is 11.3 Å². The summed E-state index contributed by atoms with van der Waals surface area (Å²) in [6.45, 7) is 7.01. The topological polar surface area (TPSA) is 49.6 Å². The van der Waals surface area contributed by atoms with Crippen molar-refractivity contribution in [3.05, 3.63) is 41.2 Å². The molecule has 1 aromatic heterocycles. The smallest absolute Gasteiger partial charge is 0.227 e. The molecule has 0 unspecified atom stereocenters. The Balaban J connectivity index is 1.54. The number of benzene rings is 1. The molecule has 1 fully saturated rings. The highest BCUT2D eigenvalue weighted by atomic mass is 19.2. The number of carbonyl (C=O) groups is 1. The van der Waals surface area contributed by atoms with Crippen LogP contribution in [-0.4, -0.2) is 46.5 Å². The lowest BCUT2D eigenvalue weighted by molar-refractivity contribution is -0.136. The molecule has 0 N–H and O–H groups in total. The predicted molar refractivity (Wildman–Crippen MR) is 95.8 cm³/mol. The van der Waals surface area contributed by atoms with Crippen molar-refractivity contribution in [2.24, 2.45) is 5.92 Å². The molecule has 7 heteroatoms. The van der Waals surface area contributed by atoms with Crippen LogP contribution in [0.5, 0.6) is 0 Å². The highest BCUT2D eigenvalue weighted by Crippen LogP contribution is 2.32. The Hall–Kier alpha value is -2.28. The molecule has 144 valence electrons. The summed E-state index contributed by atoms with van der Waals surface area (Å²) in [5.74, 6) is -0.938. The molecule has 3 heterocycles. The van der Waals surface area contributed by atoms with E-state index in [1.807, 2.05) is 4.90 Å². The minimum atomic E-state index is -0.923. The lowest BCUT2D eigenvalue weighted by Crippen LogP contribution is -2.41. The normalized spacial score (nSPS) is 20.3. The number of fused-ring (bicyclic) bond motifs is 1. The summed E-state index contributed by atoms with van der Waals surface area (Å²) in [7, 11) is 0. The maximum Gasteiger partial charge on any atom is 0.227 e. The Morgan fingerprint density at radius 3 is 2.78 bits per heavy atom. The average Bonchev–Trinajstić information content (AvgIpc) is 3.30. The van der Waals surface area contributed by atoms with Crippen molar-refractivity contribution in [1.82, 2.24) is 15.0 Å². The molecule has 0 radical (unpaired) electrons. The molecular formula is C20H23F2N3O2. The molecule has 2 aromatic rings. The van der Waals surface area contributed by atoms with Crippen LogP contribution >= 0.6 is 0 Å². The zero-order valence-corrected chi connectivity index (χ0v) is 15.5. The fourth-order valence-electron chi connectivity index (χ4n) is 3.98. The van der Waals surface area contributed by atoms with Gasteiger partial charge in [0.1, 0.15) is 11.5 Å². The number of likely N-dealkylation sites (tertiary alicyclic amines) is 1. The fourth-order valence-corrected chi connectivity index (χ4v) is 3.98. The molecule has 0 saturated carbocycles. The molecule has 1 aromatic carbocycles. The van der Waals surface area contributed by atoms with Gasteiger partial charge < -0.3 is 14.3 Å². The second-order valence-corrected chi connectivity index (χ2v) is 7.65. The van der Waals surface area contributed by atoms with E-state index in [4.69, 9.17) is 4.52 Å². The van der Waals surface area contributed by atoms with Crippen LogP contribution in [0, 0.1) is 17.6 Å². The minimum Gasteiger partial charge on any atom is -0.360 e. The molecule has 2 aliphatic rings. The first-order valence-electron chi connectivity index (χ1n) is 9.39. The number of hydrogen-bond acceptors (Lipinski definition) is 4. The van der Waals surface area contributed by atoms with Crippen molar-refractivity contribution in [3.8, 4) is 11.3 Å². The molecule has 27 heavy (non-hydrogen) atoms. The Bertz CT molecular complexity index is 865. The largest absolute Gasteiger partial charge is 0.360 e. The molecule has 5 nitrogen and oxygen atoms in total. The SMILES string of the molecule is CC(C)N1CC[C@H](C(=O)N2CCc3onc(-c4ccc(F)c(F)c4)c3C2)C1. The summed E-state index contributed by atoms with van der Waals surface area (Å²) in [6, 6.07) is 4.12. The van der Waals surface area contributed by atoms with Crippen molar-refractivity contribution >= 4 is 5.91 Å². The number of rotatable bonds is 3. The second kappa shape index (κ2) is 7.03. The molecule has 1 saturated heterocycles. The van der Waals surface area contributed by atoms with Crippen LogP contribution in [0.4, 0.5) is 8.78 Å². The fraction of sp³-hybridized carbons (Fsp3) is 0.500. The van der Waals surface area contributed by atoms with E-state index < -0.39 is 11.6 Å². The van der Waals surface area contributed by atoms with E-state index in [9.17, 15) is 13.6 Å². The Morgan fingerprint density at radius 2 is 2.07 bits per heavy atom. The first kappa shape index (κ1) is 18.1. The van der Waals surface area contributed by atoms with E-state index in [0.717, 1.165) is 37.2 Å². The third-order valence-electron chi connectivity index (χ3n) is 5.63. The van der Waals surface area contributed by atoms with Crippen molar-refractivity contribution in [3.63, 3.8) is 0 Å². The molecular weight excluding hydrogens is 352 g/mol. The average molecular weight is 375 g/mol. The molecule has 1 atom stereocenters. The number of carbonyl (C=O) groups excluding carboxylic acids is 1. The van der Waals surface area contributed by atoms with Crippen molar-refractivity contribution in [2.75, 3.05) is 19.6 Å². The van der Waals surface area contributed by atoms with E-state index in [1.54, 1.807) is 0 Å². The molecule has 4 rings (SSSR count). The molecule has 1 amide bonds. The number of halogens is 2. The summed E-state index contributed by atoms with van der Waals surface area (Å²) in [5, 5.41) is 4.06. The second-order valence-electron chi connectivity index (χ2n) is 7.65. The lowest BCUT2D eigenvalue weighted by Gasteiger charge is -2.29. The summed E-state index contributed by atoms with van der Waals surface area (Å²) in [5.41, 5.74) is 1.73. The molecule has 0 aliphatic carbocycles. The maximum absolute atomic E-state index is 13.6. The monoisotopic (exact) mass is 375 g/mol. The van der Waals surface area contributed by atoms with Gasteiger partial charge in [-0.25, -0.2) is 8.78 Å². The van der Waals surface area contributed by atoms with Crippen LogP contribution in [0.2, 0.25) is 0 Å². The van der Waals surface area contributed by atoms with Gasteiger partial charge in [0, 0.05) is 36.7 Å². The molecule has 0 spiro atoms. The molecule has 2 aliphatic heterocycles. The quantitative estimate of drug-likeness (QED) is 0.827. The third kappa shape index (κ3) is 3.36. The van der Waals surface area contributed by atoms with E-state index in [-0.39, 0.29) is 11.8 Å².